The van der Waals surface area contributed by atoms with E-state index in [4.69, 9.17) is 0 Å². The van der Waals surface area contributed by atoms with Gasteiger partial charge in [0.25, 0.3) is 5.91 Å². The number of aromatic nitrogens is 1. The smallest absolute Gasteiger partial charge is 0.253 e. The van der Waals surface area contributed by atoms with Crippen molar-refractivity contribution >= 4 is 34.9 Å². The van der Waals surface area contributed by atoms with Gasteiger partial charge in [0, 0.05) is 35.5 Å². The molecule has 0 radical (unpaired) electrons. The Morgan fingerprint density at radius 3 is 2.53 bits per heavy atom. The summed E-state index contributed by atoms with van der Waals surface area (Å²) in [5, 5.41) is 6.13. The molecule has 0 saturated carbocycles. The first-order valence-electron chi connectivity index (χ1n) is 10.9. The van der Waals surface area contributed by atoms with E-state index in [1.54, 1.807) is 23.1 Å². The van der Waals surface area contributed by atoms with Crippen LogP contribution in [0.5, 0.6) is 0 Å². The van der Waals surface area contributed by atoms with Gasteiger partial charge in [-0.25, -0.2) is 4.98 Å². The Morgan fingerprint density at radius 2 is 1.81 bits per heavy atom. The second-order valence-electron chi connectivity index (χ2n) is 7.89. The number of carbonyl (C=O) groups excluding carboxylic acids is 2. The minimum atomic E-state index is -0.581. The first-order chi connectivity index (χ1) is 15.6. The molecule has 0 spiro atoms. The number of carbonyl (C=O) groups is 2. The molecule has 2 aromatic carbocycles. The topological polar surface area (TPSA) is 62.3 Å². The predicted octanol–water partition coefficient (Wildman–Crippen LogP) is 4.71. The summed E-state index contributed by atoms with van der Waals surface area (Å²) >= 11 is 3.22. The minimum absolute atomic E-state index is 0.00258. The monoisotopic (exact) mass is 465 g/mol. The van der Waals surface area contributed by atoms with Gasteiger partial charge >= 0.3 is 0 Å². The number of thioether (sulfide) groups is 1. The lowest BCUT2D eigenvalue weighted by atomic mass is 10.0. The van der Waals surface area contributed by atoms with E-state index >= 15 is 0 Å². The van der Waals surface area contributed by atoms with Crippen LogP contribution in [0.4, 0.5) is 0 Å². The fraction of sp³-hybridized carbons (Fsp3) is 0.320. The van der Waals surface area contributed by atoms with E-state index in [9.17, 15) is 9.59 Å². The van der Waals surface area contributed by atoms with Gasteiger partial charge in [0.2, 0.25) is 5.91 Å². The quantitative estimate of drug-likeness (QED) is 0.490. The molecule has 1 aromatic heterocycles. The molecule has 1 N–H and O–H groups in total. The van der Waals surface area contributed by atoms with Crippen LogP contribution < -0.4 is 5.32 Å². The van der Waals surface area contributed by atoms with Crippen LogP contribution in [0.3, 0.4) is 0 Å². The van der Waals surface area contributed by atoms with E-state index in [2.05, 4.69) is 15.7 Å². The summed E-state index contributed by atoms with van der Waals surface area (Å²) in [6.45, 7) is 3.52. The summed E-state index contributed by atoms with van der Waals surface area (Å²) in [6.07, 6.45) is 2.52. The lowest BCUT2D eigenvalue weighted by Crippen LogP contribution is -2.49. The summed E-state index contributed by atoms with van der Waals surface area (Å²) in [6, 6.07) is 16.9. The number of rotatable bonds is 8. The first kappa shape index (κ1) is 22.6. The number of thiazole rings is 1. The standard InChI is InChI=1S/C25H27N3O2S2/c1-18-26-20(16-31-18)17-32-23-12-6-5-11-21(23)24(29)27-22(15-19-9-3-2-4-10-19)25(30)28-13-7-8-14-28/h2-6,9-12,16,22H,7-8,13-15,17H2,1H3,(H,27,29). The summed E-state index contributed by atoms with van der Waals surface area (Å²) in [5.41, 5.74) is 2.64. The third-order valence-electron chi connectivity index (χ3n) is 5.48. The number of nitrogens with zero attached hydrogens (tertiary/aromatic N) is 2. The maximum absolute atomic E-state index is 13.3. The molecule has 2 heterocycles. The van der Waals surface area contributed by atoms with Crippen molar-refractivity contribution in [1.29, 1.82) is 0 Å². The fourth-order valence-electron chi connectivity index (χ4n) is 3.85. The molecule has 1 saturated heterocycles. The number of hydrogen-bond donors (Lipinski definition) is 1. The van der Waals surface area contributed by atoms with Crippen LogP contribution in [0.2, 0.25) is 0 Å². The molecule has 0 aliphatic carbocycles. The van der Waals surface area contributed by atoms with Crippen molar-refractivity contribution in [2.45, 2.75) is 42.9 Å². The summed E-state index contributed by atoms with van der Waals surface area (Å²) in [4.78, 5) is 33.8. The zero-order valence-electron chi connectivity index (χ0n) is 18.1. The van der Waals surface area contributed by atoms with Gasteiger partial charge in [-0.2, -0.15) is 0 Å². The molecular formula is C25H27N3O2S2. The number of likely N-dealkylation sites (tertiary alicyclic amines) is 1. The van der Waals surface area contributed by atoms with E-state index in [1.807, 2.05) is 66.4 Å². The molecule has 1 fully saturated rings. The molecule has 4 rings (SSSR count). The van der Waals surface area contributed by atoms with Gasteiger partial charge in [0.05, 0.1) is 16.3 Å². The van der Waals surface area contributed by atoms with E-state index in [1.165, 1.54) is 0 Å². The van der Waals surface area contributed by atoms with Gasteiger partial charge in [0.1, 0.15) is 6.04 Å². The highest BCUT2D eigenvalue weighted by Crippen LogP contribution is 2.27. The molecular weight excluding hydrogens is 438 g/mol. The third-order valence-corrected chi connectivity index (χ3v) is 7.41. The van der Waals surface area contributed by atoms with Gasteiger partial charge in [-0.3, -0.25) is 9.59 Å². The Labute approximate surface area is 197 Å². The minimum Gasteiger partial charge on any atom is -0.341 e. The molecule has 1 aliphatic rings. The van der Waals surface area contributed by atoms with Gasteiger partial charge < -0.3 is 10.2 Å². The van der Waals surface area contributed by atoms with E-state index in [0.29, 0.717) is 17.7 Å². The van der Waals surface area contributed by atoms with Crippen LogP contribution in [-0.4, -0.2) is 40.8 Å². The molecule has 7 heteroatoms. The predicted molar refractivity (Wildman–Crippen MR) is 130 cm³/mol. The van der Waals surface area contributed by atoms with Crippen LogP contribution in [0.15, 0.2) is 64.9 Å². The van der Waals surface area contributed by atoms with Crippen molar-refractivity contribution in [3.8, 4) is 0 Å². The van der Waals surface area contributed by atoms with Crippen molar-refractivity contribution in [2.75, 3.05) is 13.1 Å². The van der Waals surface area contributed by atoms with E-state index in [0.717, 1.165) is 47.1 Å². The molecule has 3 aromatic rings. The lowest BCUT2D eigenvalue weighted by Gasteiger charge is -2.24. The van der Waals surface area contributed by atoms with E-state index in [-0.39, 0.29) is 11.8 Å². The van der Waals surface area contributed by atoms with Crippen LogP contribution in [0.1, 0.15) is 39.5 Å². The molecule has 1 atom stereocenters. The average Bonchev–Trinajstić information content (AvgIpc) is 3.49. The summed E-state index contributed by atoms with van der Waals surface area (Å²) in [7, 11) is 0. The highest BCUT2D eigenvalue weighted by atomic mass is 32.2. The number of nitrogens with one attached hydrogen (secondary N) is 1. The van der Waals surface area contributed by atoms with Gasteiger partial charge in [0.15, 0.2) is 0 Å². The maximum atomic E-state index is 13.3. The summed E-state index contributed by atoms with van der Waals surface area (Å²) in [5.74, 6) is 0.494. The largest absolute Gasteiger partial charge is 0.341 e. The molecule has 5 nitrogen and oxygen atoms in total. The van der Waals surface area contributed by atoms with Crippen molar-refractivity contribution in [3.05, 3.63) is 81.8 Å². The zero-order valence-corrected chi connectivity index (χ0v) is 19.8. The molecule has 0 bridgehead atoms. The fourth-order valence-corrected chi connectivity index (χ4v) is 5.51. The summed E-state index contributed by atoms with van der Waals surface area (Å²) < 4.78 is 0. The second-order valence-corrected chi connectivity index (χ2v) is 9.97. The highest BCUT2D eigenvalue weighted by Gasteiger charge is 2.28. The molecule has 2 amide bonds. The Bertz CT molecular complexity index is 1060. The Morgan fingerprint density at radius 1 is 1.09 bits per heavy atom. The average molecular weight is 466 g/mol. The van der Waals surface area contributed by atoms with E-state index < -0.39 is 6.04 Å². The molecule has 1 unspecified atom stereocenters. The van der Waals surface area contributed by atoms with Crippen LogP contribution in [-0.2, 0) is 17.0 Å². The first-order valence-corrected chi connectivity index (χ1v) is 12.7. The maximum Gasteiger partial charge on any atom is 0.253 e. The molecule has 32 heavy (non-hydrogen) atoms. The number of amides is 2. The zero-order chi connectivity index (χ0) is 22.3. The van der Waals surface area contributed by atoms with Crippen LogP contribution in [0, 0.1) is 6.92 Å². The Balaban J connectivity index is 1.50. The Hall–Kier alpha value is -2.64. The van der Waals surface area contributed by atoms with Gasteiger partial charge in [-0.1, -0.05) is 42.5 Å². The van der Waals surface area contributed by atoms with Gasteiger partial charge in [-0.15, -0.1) is 23.1 Å². The lowest BCUT2D eigenvalue weighted by molar-refractivity contribution is -0.132. The number of benzene rings is 2. The Kier molecular flexibility index (Phi) is 7.60. The van der Waals surface area contributed by atoms with Crippen molar-refractivity contribution in [3.63, 3.8) is 0 Å². The van der Waals surface area contributed by atoms with Crippen molar-refractivity contribution in [1.82, 2.24) is 15.2 Å². The SMILES string of the molecule is Cc1nc(CSc2ccccc2C(=O)NC(Cc2ccccc2)C(=O)N2CCCC2)cs1. The second kappa shape index (κ2) is 10.8. The van der Waals surface area contributed by atoms with Crippen molar-refractivity contribution < 1.29 is 9.59 Å². The van der Waals surface area contributed by atoms with Crippen LogP contribution >= 0.6 is 23.1 Å². The highest BCUT2D eigenvalue weighted by molar-refractivity contribution is 7.98. The van der Waals surface area contributed by atoms with Crippen molar-refractivity contribution in [2.24, 2.45) is 0 Å². The number of aryl methyl sites for hydroxylation is 1. The van der Waals surface area contributed by atoms with Gasteiger partial charge in [-0.05, 0) is 37.5 Å². The normalized spacial score (nSPS) is 14.3. The number of hydrogen-bond acceptors (Lipinski definition) is 5. The molecule has 1 aliphatic heterocycles. The van der Waals surface area contributed by atoms with Crippen LogP contribution in [0.25, 0.3) is 0 Å². The molecule has 166 valence electrons. The third kappa shape index (κ3) is 5.78.